The second-order valence-electron chi connectivity index (χ2n) is 7.24. The number of halogens is 4. The van der Waals surface area contributed by atoms with Gasteiger partial charge in [0.1, 0.15) is 23.3 Å². The maximum atomic E-state index is 14.3. The Bertz CT molecular complexity index is 1180. The number of benzene rings is 3. The van der Waals surface area contributed by atoms with Crippen molar-refractivity contribution >= 4 is 16.6 Å². The first-order chi connectivity index (χ1) is 14.3. The van der Waals surface area contributed by atoms with Crippen molar-refractivity contribution < 1.29 is 17.6 Å². The third-order valence-electron chi connectivity index (χ3n) is 5.14. The van der Waals surface area contributed by atoms with Gasteiger partial charge in [-0.05, 0) is 37.3 Å². The Balaban J connectivity index is 1.77. The lowest BCUT2D eigenvalue weighted by Crippen LogP contribution is -2.23. The molecule has 4 aromatic rings. The Hall–Kier alpha value is -3.35. The van der Waals surface area contributed by atoms with E-state index >= 15 is 0 Å². The van der Waals surface area contributed by atoms with E-state index in [2.05, 4.69) is 5.10 Å². The molecule has 0 saturated carbocycles. The molecule has 7 heteroatoms. The van der Waals surface area contributed by atoms with Crippen molar-refractivity contribution in [2.45, 2.75) is 20.0 Å². The highest BCUT2D eigenvalue weighted by Gasteiger charge is 2.16. The number of anilines is 1. The van der Waals surface area contributed by atoms with E-state index in [0.717, 1.165) is 28.7 Å². The highest BCUT2D eigenvalue weighted by Crippen LogP contribution is 2.28. The monoisotopic (exact) mass is 413 g/mol. The largest absolute Gasteiger partial charge is 0.363 e. The molecule has 0 unspecified atom stereocenters. The van der Waals surface area contributed by atoms with Crippen LogP contribution in [0.4, 0.5) is 23.2 Å². The average molecular weight is 413 g/mol. The summed E-state index contributed by atoms with van der Waals surface area (Å²) in [5.41, 5.74) is 3.00. The van der Waals surface area contributed by atoms with Gasteiger partial charge in [0.15, 0.2) is 0 Å². The molecular formula is C23H19F4N3. The van der Waals surface area contributed by atoms with Gasteiger partial charge in [-0.3, -0.25) is 4.68 Å². The van der Waals surface area contributed by atoms with Crippen molar-refractivity contribution in [3.8, 4) is 0 Å². The number of aromatic nitrogens is 2. The quantitative estimate of drug-likeness (QED) is 0.395. The molecule has 0 saturated heterocycles. The summed E-state index contributed by atoms with van der Waals surface area (Å²) in [5, 5.41) is 5.32. The minimum absolute atomic E-state index is 0.0771. The highest BCUT2D eigenvalue weighted by molar-refractivity contribution is 5.85. The molecule has 30 heavy (non-hydrogen) atoms. The van der Waals surface area contributed by atoms with Crippen LogP contribution in [0, 0.1) is 30.2 Å². The minimum Gasteiger partial charge on any atom is -0.363 e. The molecule has 0 amide bonds. The van der Waals surface area contributed by atoms with E-state index in [1.54, 1.807) is 9.58 Å². The smallest absolute Gasteiger partial charge is 0.131 e. The summed E-state index contributed by atoms with van der Waals surface area (Å²) in [6.07, 6.45) is 0. The van der Waals surface area contributed by atoms with Crippen LogP contribution in [-0.2, 0) is 20.1 Å². The summed E-state index contributed by atoms with van der Waals surface area (Å²) in [4.78, 5) is 1.76. The van der Waals surface area contributed by atoms with Crippen LogP contribution in [0.1, 0.15) is 16.8 Å². The van der Waals surface area contributed by atoms with Gasteiger partial charge < -0.3 is 4.90 Å². The third-order valence-corrected chi connectivity index (χ3v) is 5.14. The topological polar surface area (TPSA) is 21.1 Å². The molecule has 3 aromatic carbocycles. The lowest BCUT2D eigenvalue weighted by atomic mass is 10.1. The van der Waals surface area contributed by atoms with Gasteiger partial charge in [-0.2, -0.15) is 5.10 Å². The van der Waals surface area contributed by atoms with Crippen LogP contribution in [0.2, 0.25) is 0 Å². The predicted molar refractivity (Wildman–Crippen MR) is 108 cm³/mol. The molecule has 0 radical (unpaired) electrons. The molecule has 0 spiro atoms. The Morgan fingerprint density at radius 3 is 1.90 bits per heavy atom. The summed E-state index contributed by atoms with van der Waals surface area (Å²) in [7, 11) is 1.84. The second-order valence-corrected chi connectivity index (χ2v) is 7.24. The van der Waals surface area contributed by atoms with E-state index in [9.17, 15) is 17.6 Å². The minimum atomic E-state index is -0.682. The standard InChI is InChI=1S/C23H19F4N3/c1-14-20-11-19(7-8-23(20)29(2)28-14)30(12-15-3-5-17(24)9-21(15)26)13-16-4-6-18(25)10-22(16)27/h3-11H,12-13H2,1-2H3. The molecule has 0 bridgehead atoms. The van der Waals surface area contributed by atoms with Gasteiger partial charge in [0.05, 0.1) is 11.2 Å². The molecule has 154 valence electrons. The van der Waals surface area contributed by atoms with Crippen LogP contribution < -0.4 is 4.90 Å². The first-order valence-electron chi connectivity index (χ1n) is 9.38. The Morgan fingerprint density at radius 2 is 1.37 bits per heavy atom. The maximum Gasteiger partial charge on any atom is 0.131 e. The van der Waals surface area contributed by atoms with Crippen LogP contribution >= 0.6 is 0 Å². The SMILES string of the molecule is Cc1nn(C)c2ccc(N(Cc3ccc(F)cc3F)Cc3ccc(F)cc3F)cc12. The predicted octanol–water partition coefficient (Wildman–Crippen LogP) is 5.64. The number of aryl methyl sites for hydroxylation is 2. The van der Waals surface area contributed by atoms with Crippen LogP contribution in [0.5, 0.6) is 0 Å². The average Bonchev–Trinajstić information content (AvgIpc) is 2.98. The molecule has 0 aliphatic heterocycles. The van der Waals surface area contributed by atoms with Crippen molar-refractivity contribution in [1.82, 2.24) is 9.78 Å². The molecule has 0 aliphatic rings. The van der Waals surface area contributed by atoms with Gasteiger partial charge in [0, 0.05) is 54.5 Å². The van der Waals surface area contributed by atoms with Crippen LogP contribution in [-0.4, -0.2) is 9.78 Å². The van der Waals surface area contributed by atoms with E-state index in [1.807, 2.05) is 32.2 Å². The van der Waals surface area contributed by atoms with E-state index < -0.39 is 23.3 Å². The second kappa shape index (κ2) is 7.82. The normalized spacial score (nSPS) is 11.3. The van der Waals surface area contributed by atoms with Gasteiger partial charge in [-0.25, -0.2) is 17.6 Å². The fourth-order valence-corrected chi connectivity index (χ4v) is 3.57. The highest BCUT2D eigenvalue weighted by atomic mass is 19.1. The Morgan fingerprint density at radius 1 is 0.800 bits per heavy atom. The van der Waals surface area contributed by atoms with Gasteiger partial charge >= 0.3 is 0 Å². The summed E-state index contributed by atoms with van der Waals surface area (Å²) >= 11 is 0. The van der Waals surface area contributed by atoms with Crippen LogP contribution in [0.25, 0.3) is 10.9 Å². The van der Waals surface area contributed by atoms with Gasteiger partial charge in [-0.1, -0.05) is 12.1 Å². The van der Waals surface area contributed by atoms with Crippen molar-refractivity contribution in [1.29, 1.82) is 0 Å². The van der Waals surface area contributed by atoms with Gasteiger partial charge in [-0.15, -0.1) is 0 Å². The number of fused-ring (bicyclic) bond motifs is 1. The maximum absolute atomic E-state index is 14.3. The van der Waals surface area contributed by atoms with E-state index in [-0.39, 0.29) is 24.2 Å². The number of hydrogen-bond acceptors (Lipinski definition) is 2. The Labute approximate surface area is 171 Å². The first kappa shape index (κ1) is 19.9. The van der Waals surface area contributed by atoms with Crippen molar-refractivity contribution in [3.05, 3.63) is 94.7 Å². The number of nitrogens with zero attached hydrogens (tertiary/aromatic N) is 3. The summed E-state index contributed by atoms with van der Waals surface area (Å²) in [6, 6.07) is 12.4. The third kappa shape index (κ3) is 3.87. The Kier molecular flexibility index (Phi) is 5.20. The van der Waals surface area contributed by atoms with Gasteiger partial charge in [0.25, 0.3) is 0 Å². The van der Waals surface area contributed by atoms with Crippen LogP contribution in [0.3, 0.4) is 0 Å². The van der Waals surface area contributed by atoms with E-state index in [1.165, 1.54) is 24.3 Å². The summed E-state index contributed by atoms with van der Waals surface area (Å²) in [6.45, 7) is 2.04. The zero-order valence-corrected chi connectivity index (χ0v) is 16.5. The molecule has 4 rings (SSSR count). The van der Waals surface area contributed by atoms with Gasteiger partial charge in [0.2, 0.25) is 0 Å². The fourth-order valence-electron chi connectivity index (χ4n) is 3.57. The lowest BCUT2D eigenvalue weighted by Gasteiger charge is -2.26. The zero-order valence-electron chi connectivity index (χ0n) is 16.5. The molecule has 0 aliphatic carbocycles. The van der Waals surface area contributed by atoms with Crippen molar-refractivity contribution in [3.63, 3.8) is 0 Å². The summed E-state index contributed by atoms with van der Waals surface area (Å²) < 4.78 is 57.0. The molecule has 1 heterocycles. The van der Waals surface area contributed by atoms with Crippen molar-refractivity contribution in [2.24, 2.45) is 7.05 Å². The molecule has 1 aromatic heterocycles. The van der Waals surface area contributed by atoms with E-state index in [4.69, 9.17) is 0 Å². The summed E-state index contributed by atoms with van der Waals surface area (Å²) in [5.74, 6) is -2.70. The first-order valence-corrected chi connectivity index (χ1v) is 9.38. The molecule has 0 N–H and O–H groups in total. The lowest BCUT2D eigenvalue weighted by molar-refractivity contribution is 0.561. The number of rotatable bonds is 5. The van der Waals surface area contributed by atoms with E-state index in [0.29, 0.717) is 5.69 Å². The molecule has 3 nitrogen and oxygen atoms in total. The van der Waals surface area contributed by atoms with Crippen LogP contribution in [0.15, 0.2) is 54.6 Å². The van der Waals surface area contributed by atoms with Crippen molar-refractivity contribution in [2.75, 3.05) is 4.90 Å². The number of hydrogen-bond donors (Lipinski definition) is 0. The molecular weight excluding hydrogens is 394 g/mol. The zero-order chi connectivity index (χ0) is 21.4. The molecule has 0 fully saturated rings. The fraction of sp³-hybridized carbons (Fsp3) is 0.174. The molecule has 0 atom stereocenters.